The van der Waals surface area contributed by atoms with E-state index in [0.29, 0.717) is 32.8 Å². The molecule has 9 bridgehead atoms. The number of benzene rings is 3. The molecule has 1 amide bonds. The van der Waals surface area contributed by atoms with Gasteiger partial charge in [0.1, 0.15) is 5.52 Å². The smallest absolute Gasteiger partial charge is 0.254 e. The molecule has 220 valence electrons. The van der Waals surface area contributed by atoms with Crippen LogP contribution >= 0.6 is 0 Å². The lowest BCUT2D eigenvalue weighted by Gasteiger charge is -2.38. The highest BCUT2D eigenvalue weighted by atomic mass is 16.5. The molecule has 42 heavy (non-hydrogen) atoms. The van der Waals surface area contributed by atoms with E-state index in [9.17, 15) is 15.0 Å². The van der Waals surface area contributed by atoms with Gasteiger partial charge in [0.15, 0.2) is 6.29 Å². The molecule has 1 atom stereocenters. The van der Waals surface area contributed by atoms with Crippen molar-refractivity contribution in [2.45, 2.75) is 79.4 Å². The summed E-state index contributed by atoms with van der Waals surface area (Å²) in [4.78, 5) is 15.8. The SMILES string of the molecule is Cc1cc2cc(C)c1C(=O)N1CCc3ccc(cc3C1)C(C(C)(C)C(O)O)c1ccc3c(nnn3CCCOC2)c1C. The Morgan fingerprint density at radius 2 is 1.76 bits per heavy atom. The second-order valence-corrected chi connectivity index (χ2v) is 12.6. The summed E-state index contributed by atoms with van der Waals surface area (Å²) in [6, 6.07) is 14.7. The van der Waals surface area contributed by atoms with Crippen molar-refractivity contribution in [2.24, 2.45) is 5.41 Å². The van der Waals surface area contributed by atoms with Gasteiger partial charge in [-0.15, -0.1) is 5.10 Å². The number of rotatable bonds is 2. The lowest BCUT2D eigenvalue weighted by Crippen LogP contribution is -2.38. The number of aliphatic hydroxyl groups is 2. The molecule has 0 radical (unpaired) electrons. The number of aromatic nitrogens is 3. The van der Waals surface area contributed by atoms with Crippen LogP contribution in [0.3, 0.4) is 0 Å². The van der Waals surface area contributed by atoms with Crippen LogP contribution in [0.5, 0.6) is 0 Å². The molecule has 0 aliphatic carbocycles. The van der Waals surface area contributed by atoms with E-state index in [1.807, 2.05) is 50.3 Å². The average Bonchev–Trinajstić information content (AvgIpc) is 3.36. The van der Waals surface area contributed by atoms with Crippen molar-refractivity contribution < 1.29 is 19.7 Å². The largest absolute Gasteiger partial charge is 0.377 e. The average molecular weight is 569 g/mol. The lowest BCUT2D eigenvalue weighted by atomic mass is 9.69. The van der Waals surface area contributed by atoms with E-state index in [-0.39, 0.29) is 11.8 Å². The van der Waals surface area contributed by atoms with E-state index >= 15 is 0 Å². The number of hydrogen-bond donors (Lipinski definition) is 2. The first kappa shape index (κ1) is 28.5. The molecule has 5 aliphatic heterocycles. The third-order valence-electron chi connectivity index (χ3n) is 9.30. The van der Waals surface area contributed by atoms with Gasteiger partial charge in [-0.2, -0.15) is 0 Å². The van der Waals surface area contributed by atoms with E-state index in [1.54, 1.807) is 0 Å². The van der Waals surface area contributed by atoms with Gasteiger partial charge < -0.3 is 19.8 Å². The van der Waals surface area contributed by atoms with E-state index in [0.717, 1.165) is 68.4 Å². The van der Waals surface area contributed by atoms with Crippen LogP contribution in [-0.2, 0) is 30.9 Å². The van der Waals surface area contributed by atoms with Crippen LogP contribution < -0.4 is 0 Å². The molecule has 2 N–H and O–H groups in total. The minimum absolute atomic E-state index is 0.0470. The lowest BCUT2D eigenvalue weighted by molar-refractivity contribution is -0.127. The second-order valence-electron chi connectivity index (χ2n) is 12.6. The number of amides is 1. The van der Waals surface area contributed by atoms with E-state index < -0.39 is 11.7 Å². The van der Waals surface area contributed by atoms with E-state index in [1.165, 1.54) is 5.56 Å². The molecule has 0 fully saturated rings. The van der Waals surface area contributed by atoms with Gasteiger partial charge in [-0.25, -0.2) is 4.68 Å². The molecule has 8 heteroatoms. The van der Waals surface area contributed by atoms with Crippen LogP contribution in [0, 0.1) is 26.2 Å². The van der Waals surface area contributed by atoms with Crippen molar-refractivity contribution in [1.82, 2.24) is 19.9 Å². The molecule has 0 spiro atoms. The number of nitrogens with zero attached hydrogens (tertiary/aromatic N) is 4. The topological polar surface area (TPSA) is 101 Å². The molecule has 1 unspecified atom stereocenters. The summed E-state index contributed by atoms with van der Waals surface area (Å²) in [6.07, 6.45) is 0.00574. The van der Waals surface area contributed by atoms with Gasteiger partial charge in [-0.3, -0.25) is 4.79 Å². The summed E-state index contributed by atoms with van der Waals surface area (Å²) in [7, 11) is 0. The van der Waals surface area contributed by atoms with Gasteiger partial charge in [0.2, 0.25) is 0 Å². The van der Waals surface area contributed by atoms with Crippen LogP contribution in [-0.4, -0.2) is 55.5 Å². The minimum Gasteiger partial charge on any atom is -0.377 e. The summed E-state index contributed by atoms with van der Waals surface area (Å²) in [5, 5.41) is 30.2. The molecule has 0 saturated carbocycles. The Morgan fingerprint density at radius 1 is 1.00 bits per heavy atom. The summed E-state index contributed by atoms with van der Waals surface area (Å²) < 4.78 is 7.94. The van der Waals surface area contributed by atoms with Gasteiger partial charge in [0.25, 0.3) is 5.91 Å². The van der Waals surface area contributed by atoms with Gasteiger partial charge in [0, 0.05) is 43.1 Å². The highest BCUT2D eigenvalue weighted by Gasteiger charge is 2.39. The monoisotopic (exact) mass is 568 g/mol. The first-order chi connectivity index (χ1) is 20.1. The fourth-order valence-electron chi connectivity index (χ4n) is 6.89. The minimum atomic E-state index is -1.55. The quantitative estimate of drug-likeness (QED) is 0.332. The van der Waals surface area contributed by atoms with E-state index in [4.69, 9.17) is 4.74 Å². The van der Waals surface area contributed by atoms with Crippen molar-refractivity contribution in [1.29, 1.82) is 0 Å². The maximum absolute atomic E-state index is 13.9. The number of aliphatic hydroxyl groups excluding tert-OH is 1. The van der Waals surface area contributed by atoms with Gasteiger partial charge in [-0.05, 0) is 84.2 Å². The second kappa shape index (κ2) is 10.9. The zero-order valence-corrected chi connectivity index (χ0v) is 25.1. The fraction of sp³-hybridized carbons (Fsp3) is 0.441. The zero-order chi connectivity index (χ0) is 29.8. The normalized spacial score (nSPS) is 18.0. The first-order valence-corrected chi connectivity index (χ1v) is 14.8. The molecular weight excluding hydrogens is 528 g/mol. The summed E-state index contributed by atoms with van der Waals surface area (Å²) in [6.45, 7) is 12.7. The van der Waals surface area contributed by atoms with Crippen molar-refractivity contribution in [3.05, 3.63) is 92.5 Å². The van der Waals surface area contributed by atoms with E-state index in [2.05, 4.69) is 46.7 Å². The maximum atomic E-state index is 13.9. The zero-order valence-electron chi connectivity index (χ0n) is 25.1. The molecule has 5 aliphatic rings. The Kier molecular flexibility index (Phi) is 7.41. The molecular formula is C34H40N4O4. The predicted octanol–water partition coefficient (Wildman–Crippen LogP) is 4.94. The first-order valence-electron chi connectivity index (χ1n) is 14.8. The van der Waals surface area contributed by atoms with Gasteiger partial charge >= 0.3 is 0 Å². The predicted molar refractivity (Wildman–Crippen MR) is 161 cm³/mol. The summed E-state index contributed by atoms with van der Waals surface area (Å²) in [5.74, 6) is -0.284. The Morgan fingerprint density at radius 3 is 2.50 bits per heavy atom. The van der Waals surface area contributed by atoms with Crippen molar-refractivity contribution in [3.8, 4) is 0 Å². The Balaban J connectivity index is 1.50. The third-order valence-corrected chi connectivity index (χ3v) is 9.30. The number of aryl methyl sites for hydroxylation is 4. The van der Waals surface area contributed by atoms with Crippen molar-refractivity contribution in [2.75, 3.05) is 13.2 Å². The van der Waals surface area contributed by atoms with Gasteiger partial charge in [-0.1, -0.05) is 55.5 Å². The Bertz CT molecular complexity index is 1650. The Labute approximate surface area is 246 Å². The molecule has 6 heterocycles. The van der Waals surface area contributed by atoms with Crippen molar-refractivity contribution >= 4 is 16.9 Å². The number of carbonyl (C=O) groups is 1. The van der Waals surface area contributed by atoms with Crippen LogP contribution in [0.1, 0.15) is 81.1 Å². The fourth-order valence-corrected chi connectivity index (χ4v) is 6.89. The molecule has 0 saturated heterocycles. The van der Waals surface area contributed by atoms with Gasteiger partial charge in [0.05, 0.1) is 12.1 Å². The number of ether oxygens (including phenoxy) is 1. The molecule has 3 aromatic carbocycles. The standard InChI is InChI=1S/C34H40N4O4/c1-20-15-23-16-21(2)29(20)32(39)37-13-11-24-7-8-25(17-26(24)18-37)30(34(4,5)33(40)41)27-9-10-28-31(22(27)3)35-36-38(28)12-6-14-42-19-23/h7-10,15-17,30,33,40-41H,6,11-14,18-19H2,1-5H3. The molecule has 1 aromatic heterocycles. The highest BCUT2D eigenvalue weighted by Crippen LogP contribution is 2.45. The maximum Gasteiger partial charge on any atom is 0.254 e. The third kappa shape index (κ3) is 4.91. The molecule has 8 nitrogen and oxygen atoms in total. The van der Waals surface area contributed by atoms with Crippen molar-refractivity contribution in [3.63, 3.8) is 0 Å². The van der Waals surface area contributed by atoms with Crippen LogP contribution in [0.25, 0.3) is 11.0 Å². The Hall–Kier alpha value is -3.59. The van der Waals surface area contributed by atoms with Crippen LogP contribution in [0.4, 0.5) is 0 Å². The number of carbonyl (C=O) groups excluding carboxylic acids is 1. The molecule has 9 rings (SSSR count). The van der Waals surface area contributed by atoms with Crippen LogP contribution in [0.15, 0.2) is 42.5 Å². The summed E-state index contributed by atoms with van der Waals surface area (Å²) in [5.41, 5.74) is 9.86. The van der Waals surface area contributed by atoms with Crippen LogP contribution in [0.2, 0.25) is 0 Å². The highest BCUT2D eigenvalue weighted by molar-refractivity contribution is 5.97. The number of hydrogen-bond acceptors (Lipinski definition) is 6. The molecule has 4 aromatic rings. The summed E-state index contributed by atoms with van der Waals surface area (Å²) >= 11 is 0.